The van der Waals surface area contributed by atoms with E-state index in [9.17, 15) is 4.79 Å². The molecule has 0 amide bonds. The van der Waals surface area contributed by atoms with Gasteiger partial charge in [0.2, 0.25) is 0 Å². The molecule has 8 nitrogen and oxygen atoms in total. The summed E-state index contributed by atoms with van der Waals surface area (Å²) in [4.78, 5) is 15.6. The smallest absolute Gasteiger partial charge is 0.351 e. The summed E-state index contributed by atoms with van der Waals surface area (Å²) in [6.45, 7) is 9.33. The van der Waals surface area contributed by atoms with Crippen molar-refractivity contribution in [2.75, 3.05) is 25.6 Å². The zero-order chi connectivity index (χ0) is 21.7. The predicted molar refractivity (Wildman–Crippen MR) is 113 cm³/mol. The lowest BCUT2D eigenvalue weighted by atomic mass is 10.0. The summed E-state index contributed by atoms with van der Waals surface area (Å²) in [6, 6.07) is 7.76. The van der Waals surface area contributed by atoms with Gasteiger partial charge >= 0.3 is 5.69 Å². The van der Waals surface area contributed by atoms with Gasteiger partial charge in [-0.25, -0.2) is 4.79 Å². The van der Waals surface area contributed by atoms with Gasteiger partial charge in [-0.15, -0.1) is 0 Å². The second-order valence-corrected chi connectivity index (χ2v) is 8.19. The van der Waals surface area contributed by atoms with Crippen molar-refractivity contribution in [2.24, 2.45) is 0 Å². The maximum absolute atomic E-state index is 11.9. The Bertz CT molecular complexity index is 912. The summed E-state index contributed by atoms with van der Waals surface area (Å²) >= 11 is 0. The average molecular weight is 418 g/mol. The number of aryl methyl sites for hydroxylation is 2. The number of benzene rings is 1. The molecule has 30 heavy (non-hydrogen) atoms. The summed E-state index contributed by atoms with van der Waals surface area (Å²) in [5, 5.41) is 0. The number of hydrogen-bond donors (Lipinski definition) is 1. The van der Waals surface area contributed by atoms with E-state index in [0.717, 1.165) is 24.2 Å². The maximum Gasteiger partial charge on any atom is 0.351 e. The van der Waals surface area contributed by atoms with Crippen molar-refractivity contribution in [3.8, 4) is 5.75 Å². The van der Waals surface area contributed by atoms with Gasteiger partial charge in [0.25, 0.3) is 0 Å². The quantitative estimate of drug-likeness (QED) is 0.626. The van der Waals surface area contributed by atoms with Gasteiger partial charge in [-0.1, -0.05) is 12.1 Å². The second kappa shape index (κ2) is 9.59. The van der Waals surface area contributed by atoms with Crippen molar-refractivity contribution in [3.63, 3.8) is 0 Å². The molecule has 2 N–H and O–H groups in total. The summed E-state index contributed by atoms with van der Waals surface area (Å²) < 4.78 is 24.7. The zero-order valence-corrected chi connectivity index (χ0v) is 18.1. The highest BCUT2D eigenvalue weighted by Crippen LogP contribution is 2.24. The van der Waals surface area contributed by atoms with Crippen LogP contribution < -0.4 is 16.2 Å². The van der Waals surface area contributed by atoms with Gasteiger partial charge in [0.1, 0.15) is 11.6 Å². The van der Waals surface area contributed by atoms with E-state index in [1.807, 2.05) is 20.8 Å². The van der Waals surface area contributed by atoms with Crippen molar-refractivity contribution >= 4 is 5.82 Å². The SMILES string of the molecule is Cc1ccc(C)c(OCCCC(C)(C)OCC2OCC(n3ccc(N)nc3=O)O2)c1. The Morgan fingerprint density at radius 3 is 2.87 bits per heavy atom. The van der Waals surface area contributed by atoms with Gasteiger partial charge in [-0.2, -0.15) is 4.98 Å². The number of hydrogen-bond acceptors (Lipinski definition) is 7. The highest BCUT2D eigenvalue weighted by atomic mass is 16.7. The van der Waals surface area contributed by atoms with Gasteiger partial charge in [-0.05, 0) is 63.8 Å². The minimum atomic E-state index is -0.537. The molecule has 0 bridgehead atoms. The van der Waals surface area contributed by atoms with Crippen LogP contribution in [0.1, 0.15) is 44.0 Å². The number of anilines is 1. The van der Waals surface area contributed by atoms with E-state index in [1.54, 1.807) is 12.3 Å². The van der Waals surface area contributed by atoms with E-state index in [1.165, 1.54) is 10.1 Å². The fraction of sp³-hybridized carbons (Fsp3) is 0.545. The molecule has 1 aliphatic rings. The molecule has 0 radical (unpaired) electrons. The first-order chi connectivity index (χ1) is 14.2. The number of rotatable bonds is 9. The molecular weight excluding hydrogens is 386 g/mol. The van der Waals surface area contributed by atoms with Gasteiger partial charge in [0.15, 0.2) is 12.5 Å². The Morgan fingerprint density at radius 1 is 1.30 bits per heavy atom. The fourth-order valence-corrected chi connectivity index (χ4v) is 3.23. The van der Waals surface area contributed by atoms with Crippen LogP contribution in [-0.2, 0) is 14.2 Å². The van der Waals surface area contributed by atoms with Crippen LogP contribution in [-0.4, -0.2) is 41.3 Å². The van der Waals surface area contributed by atoms with Crippen LogP contribution in [0.25, 0.3) is 0 Å². The van der Waals surface area contributed by atoms with Gasteiger partial charge in [-0.3, -0.25) is 4.57 Å². The molecule has 1 saturated heterocycles. The topological polar surface area (TPSA) is 97.8 Å². The van der Waals surface area contributed by atoms with Crippen molar-refractivity contribution in [3.05, 3.63) is 52.1 Å². The number of ether oxygens (including phenoxy) is 4. The van der Waals surface area contributed by atoms with Crippen molar-refractivity contribution in [2.45, 2.75) is 58.7 Å². The summed E-state index contributed by atoms with van der Waals surface area (Å²) in [6.07, 6.45) is 2.18. The number of nitrogen functional groups attached to an aromatic ring is 1. The van der Waals surface area contributed by atoms with Crippen LogP contribution in [0.4, 0.5) is 5.82 Å². The van der Waals surface area contributed by atoms with E-state index in [-0.39, 0.29) is 24.6 Å². The average Bonchev–Trinajstić information content (AvgIpc) is 3.15. The van der Waals surface area contributed by atoms with E-state index in [0.29, 0.717) is 6.61 Å². The first-order valence-corrected chi connectivity index (χ1v) is 10.2. The third-order valence-corrected chi connectivity index (χ3v) is 5.03. The maximum atomic E-state index is 11.9. The van der Waals surface area contributed by atoms with Crippen LogP contribution >= 0.6 is 0 Å². The molecule has 0 spiro atoms. The molecule has 2 unspecified atom stereocenters. The molecular formula is C22H31N3O5. The van der Waals surface area contributed by atoms with E-state index in [4.69, 9.17) is 24.7 Å². The summed E-state index contributed by atoms with van der Waals surface area (Å²) in [5.74, 6) is 1.11. The second-order valence-electron chi connectivity index (χ2n) is 8.19. The Morgan fingerprint density at radius 2 is 2.10 bits per heavy atom. The summed E-state index contributed by atoms with van der Waals surface area (Å²) in [7, 11) is 0. The highest BCUT2D eigenvalue weighted by molar-refractivity contribution is 5.35. The van der Waals surface area contributed by atoms with E-state index in [2.05, 4.69) is 30.1 Å². The molecule has 2 atom stereocenters. The van der Waals surface area contributed by atoms with Crippen molar-refractivity contribution in [1.82, 2.24) is 9.55 Å². The van der Waals surface area contributed by atoms with Gasteiger partial charge in [0.05, 0.1) is 25.4 Å². The summed E-state index contributed by atoms with van der Waals surface area (Å²) in [5.41, 5.74) is 7.03. The Labute approximate surface area is 176 Å². The lowest BCUT2D eigenvalue weighted by Crippen LogP contribution is -2.31. The molecule has 3 rings (SSSR count). The van der Waals surface area contributed by atoms with E-state index < -0.39 is 18.2 Å². The third-order valence-electron chi connectivity index (χ3n) is 5.03. The molecule has 1 aromatic carbocycles. The lowest BCUT2D eigenvalue weighted by molar-refractivity contribution is -0.149. The first-order valence-electron chi connectivity index (χ1n) is 10.2. The first kappa shape index (κ1) is 22.3. The van der Waals surface area contributed by atoms with Crippen LogP contribution in [0.2, 0.25) is 0 Å². The Kier molecular flexibility index (Phi) is 7.12. The van der Waals surface area contributed by atoms with Gasteiger partial charge < -0.3 is 24.7 Å². The molecule has 1 aliphatic heterocycles. The van der Waals surface area contributed by atoms with Crippen molar-refractivity contribution in [1.29, 1.82) is 0 Å². The minimum Gasteiger partial charge on any atom is -0.493 e. The van der Waals surface area contributed by atoms with Crippen molar-refractivity contribution < 1.29 is 18.9 Å². The number of aromatic nitrogens is 2. The third kappa shape index (κ3) is 6.04. The van der Waals surface area contributed by atoms with Crippen LogP contribution in [0.15, 0.2) is 35.3 Å². The molecule has 2 heterocycles. The molecule has 0 saturated carbocycles. The van der Waals surface area contributed by atoms with Crippen LogP contribution in [0, 0.1) is 13.8 Å². The molecule has 0 aliphatic carbocycles. The molecule has 8 heteroatoms. The number of nitrogens with two attached hydrogens (primary N) is 1. The normalized spacial score (nSPS) is 19.2. The molecule has 1 aromatic heterocycles. The molecule has 1 fully saturated rings. The number of nitrogens with zero attached hydrogens (tertiary/aromatic N) is 2. The fourth-order valence-electron chi connectivity index (χ4n) is 3.23. The van der Waals surface area contributed by atoms with Crippen LogP contribution in [0.5, 0.6) is 5.75 Å². The highest BCUT2D eigenvalue weighted by Gasteiger charge is 2.30. The zero-order valence-electron chi connectivity index (χ0n) is 18.1. The predicted octanol–water partition coefficient (Wildman–Crippen LogP) is 2.97. The Balaban J connectivity index is 1.40. The minimum absolute atomic E-state index is 0.179. The van der Waals surface area contributed by atoms with Gasteiger partial charge in [0, 0.05) is 6.20 Å². The largest absolute Gasteiger partial charge is 0.493 e. The standard InChI is InChI=1S/C22H31N3O5/c1-15-6-7-16(2)17(12-15)27-11-5-9-22(3,4)29-14-20-28-13-19(30-20)25-10-8-18(23)24-21(25)26/h6-8,10,12,19-20H,5,9,11,13-14H2,1-4H3,(H2,23,24,26). The molecule has 2 aromatic rings. The monoisotopic (exact) mass is 417 g/mol. The Hall–Kier alpha value is -2.42. The van der Waals surface area contributed by atoms with Crippen LogP contribution in [0.3, 0.4) is 0 Å². The molecule has 164 valence electrons. The lowest BCUT2D eigenvalue weighted by Gasteiger charge is -2.26. The van der Waals surface area contributed by atoms with E-state index >= 15 is 0 Å².